The summed E-state index contributed by atoms with van der Waals surface area (Å²) < 4.78 is 5.32. The summed E-state index contributed by atoms with van der Waals surface area (Å²) in [7, 11) is 0. The van der Waals surface area contributed by atoms with E-state index in [0.717, 1.165) is 13.1 Å². The molecule has 1 N–H and O–H groups in total. The molecule has 0 bridgehead atoms. The maximum atomic E-state index is 11.7. The lowest BCUT2D eigenvalue weighted by Gasteiger charge is -2.36. The number of aliphatic carboxylic acids is 1. The number of carboxylic acid groups (broad SMARTS) is 1. The number of hydrogen-bond acceptors (Lipinski definition) is 3. The van der Waals surface area contributed by atoms with Gasteiger partial charge in [0.1, 0.15) is 0 Å². The molecular weight excluding hydrogens is 242 g/mol. The van der Waals surface area contributed by atoms with E-state index < -0.39 is 11.4 Å². The van der Waals surface area contributed by atoms with Crippen LogP contribution >= 0.6 is 0 Å². The minimum Gasteiger partial charge on any atom is -0.481 e. The predicted octanol–water partition coefficient (Wildman–Crippen LogP) is 1.88. The Morgan fingerprint density at radius 3 is 2.32 bits per heavy atom. The quantitative estimate of drug-likeness (QED) is 0.902. The Morgan fingerprint density at radius 2 is 1.79 bits per heavy atom. The molecule has 0 aromatic heterocycles. The molecule has 1 saturated heterocycles. The van der Waals surface area contributed by atoms with Crippen LogP contribution in [-0.4, -0.2) is 35.7 Å². The first-order chi connectivity index (χ1) is 9.20. The fourth-order valence-corrected chi connectivity index (χ4v) is 3.15. The van der Waals surface area contributed by atoms with E-state index in [1.807, 2.05) is 12.1 Å². The number of carboxylic acids is 1. The molecule has 0 amide bonds. The van der Waals surface area contributed by atoms with Gasteiger partial charge in [-0.1, -0.05) is 24.3 Å². The van der Waals surface area contributed by atoms with Gasteiger partial charge >= 0.3 is 5.97 Å². The first kappa shape index (κ1) is 12.6. The van der Waals surface area contributed by atoms with Crippen LogP contribution in [0.2, 0.25) is 0 Å². The summed E-state index contributed by atoms with van der Waals surface area (Å²) in [6.45, 7) is 3.48. The van der Waals surface area contributed by atoms with Gasteiger partial charge in [0.25, 0.3) is 0 Å². The van der Waals surface area contributed by atoms with Crippen molar-refractivity contribution < 1.29 is 14.6 Å². The molecule has 0 unspecified atom stereocenters. The van der Waals surface area contributed by atoms with Crippen LogP contribution in [0.1, 0.15) is 24.0 Å². The summed E-state index contributed by atoms with van der Waals surface area (Å²) in [4.78, 5) is 13.9. The van der Waals surface area contributed by atoms with Crippen molar-refractivity contribution in [1.29, 1.82) is 0 Å². The second-order valence-corrected chi connectivity index (χ2v) is 5.61. The normalized spacial score (nSPS) is 22.1. The van der Waals surface area contributed by atoms with Gasteiger partial charge in [-0.25, -0.2) is 0 Å². The fourth-order valence-electron chi connectivity index (χ4n) is 3.15. The minimum absolute atomic E-state index is 0.563. The Balaban J connectivity index is 1.73. The van der Waals surface area contributed by atoms with Gasteiger partial charge in [0.15, 0.2) is 0 Å². The monoisotopic (exact) mass is 261 g/mol. The lowest BCUT2D eigenvalue weighted by Crippen LogP contribution is -2.45. The summed E-state index contributed by atoms with van der Waals surface area (Å²) >= 11 is 0. The van der Waals surface area contributed by atoms with Crippen molar-refractivity contribution in [2.75, 3.05) is 19.8 Å². The summed E-state index contributed by atoms with van der Waals surface area (Å²) in [6, 6.07) is 8.35. The van der Waals surface area contributed by atoms with Crippen molar-refractivity contribution in [3.05, 3.63) is 35.4 Å². The molecule has 0 saturated carbocycles. The van der Waals surface area contributed by atoms with Crippen LogP contribution in [0, 0.1) is 5.41 Å². The third kappa shape index (κ3) is 2.38. The van der Waals surface area contributed by atoms with Crippen LogP contribution in [0.15, 0.2) is 24.3 Å². The number of hydrogen-bond donors (Lipinski definition) is 1. The number of ether oxygens (including phenoxy) is 1. The zero-order chi connectivity index (χ0) is 13.3. The van der Waals surface area contributed by atoms with Crippen LogP contribution in [0.25, 0.3) is 0 Å². The van der Waals surface area contributed by atoms with Gasteiger partial charge in [0.05, 0.1) is 5.41 Å². The SMILES string of the molecule is O=C(O)C1(CN2Cc3ccccc3C2)CCOCC1. The smallest absolute Gasteiger partial charge is 0.311 e. The highest BCUT2D eigenvalue weighted by Crippen LogP contribution is 2.34. The van der Waals surface area contributed by atoms with Crippen molar-refractivity contribution in [3.8, 4) is 0 Å². The third-order valence-electron chi connectivity index (χ3n) is 4.34. The van der Waals surface area contributed by atoms with Crippen LogP contribution in [-0.2, 0) is 22.6 Å². The van der Waals surface area contributed by atoms with Gasteiger partial charge in [-0.15, -0.1) is 0 Å². The lowest BCUT2D eigenvalue weighted by atomic mass is 9.80. The lowest BCUT2D eigenvalue weighted by molar-refractivity contribution is -0.156. The van der Waals surface area contributed by atoms with Gasteiger partial charge in [-0.2, -0.15) is 0 Å². The van der Waals surface area contributed by atoms with Gasteiger partial charge in [-0.05, 0) is 24.0 Å². The summed E-state index contributed by atoms with van der Waals surface area (Å²) in [6.07, 6.45) is 1.24. The zero-order valence-electron chi connectivity index (χ0n) is 11.0. The summed E-state index contributed by atoms with van der Waals surface area (Å²) in [5.41, 5.74) is 2.03. The molecule has 2 aliphatic heterocycles. The Morgan fingerprint density at radius 1 is 1.21 bits per heavy atom. The molecule has 4 nitrogen and oxygen atoms in total. The molecule has 19 heavy (non-hydrogen) atoms. The van der Waals surface area contributed by atoms with Crippen molar-refractivity contribution in [3.63, 3.8) is 0 Å². The topological polar surface area (TPSA) is 49.8 Å². The Hall–Kier alpha value is -1.39. The second kappa shape index (κ2) is 4.94. The number of nitrogens with zero attached hydrogens (tertiary/aromatic N) is 1. The van der Waals surface area contributed by atoms with E-state index in [1.165, 1.54) is 11.1 Å². The van der Waals surface area contributed by atoms with Crippen LogP contribution in [0.3, 0.4) is 0 Å². The van der Waals surface area contributed by atoms with E-state index in [2.05, 4.69) is 17.0 Å². The Bertz CT molecular complexity index is 455. The molecule has 4 heteroatoms. The van der Waals surface area contributed by atoms with E-state index in [0.29, 0.717) is 32.6 Å². The van der Waals surface area contributed by atoms with Crippen molar-refractivity contribution in [2.24, 2.45) is 5.41 Å². The number of fused-ring (bicyclic) bond motifs is 1. The molecule has 1 aromatic rings. The molecule has 0 aliphatic carbocycles. The van der Waals surface area contributed by atoms with Gasteiger partial charge < -0.3 is 9.84 Å². The molecule has 2 aliphatic rings. The molecule has 0 atom stereocenters. The van der Waals surface area contributed by atoms with Crippen LogP contribution in [0.4, 0.5) is 0 Å². The molecule has 3 rings (SSSR count). The van der Waals surface area contributed by atoms with E-state index in [1.54, 1.807) is 0 Å². The average Bonchev–Trinajstić information content (AvgIpc) is 2.81. The maximum Gasteiger partial charge on any atom is 0.311 e. The summed E-state index contributed by atoms with van der Waals surface area (Å²) in [5.74, 6) is -0.674. The highest BCUT2D eigenvalue weighted by molar-refractivity contribution is 5.75. The first-order valence-electron chi connectivity index (χ1n) is 6.80. The molecule has 0 radical (unpaired) electrons. The van der Waals surface area contributed by atoms with E-state index >= 15 is 0 Å². The van der Waals surface area contributed by atoms with Crippen LogP contribution < -0.4 is 0 Å². The average molecular weight is 261 g/mol. The van der Waals surface area contributed by atoms with E-state index in [9.17, 15) is 9.90 Å². The van der Waals surface area contributed by atoms with Gasteiger partial charge in [-0.3, -0.25) is 9.69 Å². The number of carbonyl (C=O) groups is 1. The number of benzene rings is 1. The van der Waals surface area contributed by atoms with E-state index in [-0.39, 0.29) is 0 Å². The minimum atomic E-state index is -0.674. The molecular formula is C15H19NO3. The van der Waals surface area contributed by atoms with Crippen molar-refractivity contribution in [2.45, 2.75) is 25.9 Å². The molecule has 1 aromatic carbocycles. The summed E-state index contributed by atoms with van der Waals surface area (Å²) in [5, 5.41) is 9.58. The second-order valence-electron chi connectivity index (χ2n) is 5.61. The maximum absolute atomic E-state index is 11.7. The van der Waals surface area contributed by atoms with Crippen molar-refractivity contribution in [1.82, 2.24) is 4.90 Å². The zero-order valence-corrected chi connectivity index (χ0v) is 11.0. The van der Waals surface area contributed by atoms with Crippen molar-refractivity contribution >= 4 is 5.97 Å². The Kier molecular flexibility index (Phi) is 3.29. The van der Waals surface area contributed by atoms with Gasteiger partial charge in [0, 0.05) is 32.8 Å². The predicted molar refractivity (Wildman–Crippen MR) is 70.7 cm³/mol. The standard InChI is InChI=1S/C15H19NO3/c17-14(18)15(5-7-19-8-6-15)11-16-9-12-3-1-2-4-13(12)10-16/h1-4H,5-11H2,(H,17,18). The molecule has 1 fully saturated rings. The highest BCUT2D eigenvalue weighted by Gasteiger charge is 2.42. The fraction of sp³-hybridized carbons (Fsp3) is 0.533. The molecule has 2 heterocycles. The van der Waals surface area contributed by atoms with E-state index in [4.69, 9.17) is 4.74 Å². The first-order valence-corrected chi connectivity index (χ1v) is 6.80. The number of rotatable bonds is 3. The Labute approximate surface area is 113 Å². The molecule has 0 spiro atoms. The molecule has 102 valence electrons. The largest absolute Gasteiger partial charge is 0.481 e. The van der Waals surface area contributed by atoms with Crippen LogP contribution in [0.5, 0.6) is 0 Å². The highest BCUT2D eigenvalue weighted by atomic mass is 16.5. The van der Waals surface area contributed by atoms with Gasteiger partial charge in [0.2, 0.25) is 0 Å². The third-order valence-corrected chi connectivity index (χ3v) is 4.34.